The van der Waals surface area contributed by atoms with Gasteiger partial charge in [0.15, 0.2) is 5.82 Å². The Labute approximate surface area is 354 Å². The van der Waals surface area contributed by atoms with Crippen LogP contribution in [0.25, 0.3) is 0 Å². The van der Waals surface area contributed by atoms with Crippen LogP contribution in [0, 0.1) is 5.82 Å². The van der Waals surface area contributed by atoms with Crippen molar-refractivity contribution in [1.29, 1.82) is 0 Å². The molecule has 0 bridgehead atoms. The van der Waals surface area contributed by atoms with Gasteiger partial charge >= 0.3 is 5.92 Å². The first-order chi connectivity index (χ1) is 29.7. The molecule has 1 atom stereocenters. The first-order valence-electron chi connectivity index (χ1n) is 20.8. The van der Waals surface area contributed by atoms with Crippen LogP contribution in [0.15, 0.2) is 36.5 Å². The highest BCUT2D eigenvalue weighted by molar-refractivity contribution is 6.23. The highest BCUT2D eigenvalue weighted by atomic mass is 19.3. The van der Waals surface area contributed by atoms with E-state index in [1.54, 1.807) is 23.1 Å². The Morgan fingerprint density at radius 1 is 0.968 bits per heavy atom. The lowest BCUT2D eigenvalue weighted by molar-refractivity contribution is -0.140. The largest absolute Gasteiger partial charge is 0.495 e. The molecule has 328 valence electrons. The SMILES string of the molecule is COc1cc(C(=O)N2CCN(CCCCNc3ccc4c(c3)C(=O)N(C3CCC(=O)NC3=O)C4=O)CC2)c(F)cc1Nc1ncc2c(n1)N(C1CCCC1)CC(F)(F)C(=O)N2C. The van der Waals surface area contributed by atoms with E-state index in [4.69, 9.17) is 4.74 Å². The van der Waals surface area contributed by atoms with Crippen molar-refractivity contribution in [2.45, 2.75) is 69.4 Å². The van der Waals surface area contributed by atoms with Gasteiger partial charge < -0.3 is 30.1 Å². The smallest absolute Gasteiger partial charge is 0.342 e. The number of hydrogen-bond acceptors (Lipinski definition) is 13. The molecule has 3 N–H and O–H groups in total. The minimum absolute atomic E-state index is 0.0287. The third-order valence-corrected chi connectivity index (χ3v) is 12.2. The van der Waals surface area contributed by atoms with Gasteiger partial charge in [-0.25, -0.2) is 9.37 Å². The van der Waals surface area contributed by atoms with Crippen LogP contribution in [0.4, 0.5) is 42.0 Å². The van der Waals surface area contributed by atoms with Crippen molar-refractivity contribution >= 4 is 64.3 Å². The molecule has 5 heterocycles. The van der Waals surface area contributed by atoms with E-state index >= 15 is 13.2 Å². The number of methoxy groups -OCH3 is 1. The van der Waals surface area contributed by atoms with E-state index in [0.29, 0.717) is 51.3 Å². The lowest BCUT2D eigenvalue weighted by Gasteiger charge is -2.35. The number of halogens is 3. The Bertz CT molecular complexity index is 2320. The Hall–Kier alpha value is -6.31. The zero-order chi connectivity index (χ0) is 43.9. The summed E-state index contributed by atoms with van der Waals surface area (Å²) >= 11 is 0. The quantitative estimate of drug-likeness (QED) is 0.177. The Balaban J connectivity index is 0.829. The van der Waals surface area contributed by atoms with Gasteiger partial charge in [0.1, 0.15) is 23.3 Å². The maximum absolute atomic E-state index is 15.7. The van der Waals surface area contributed by atoms with Crippen LogP contribution in [-0.2, 0) is 14.4 Å². The van der Waals surface area contributed by atoms with E-state index in [9.17, 15) is 28.8 Å². The third-order valence-electron chi connectivity index (χ3n) is 12.2. The number of carbonyl (C=O) groups is 6. The summed E-state index contributed by atoms with van der Waals surface area (Å²) in [5.41, 5.74) is 1.15. The number of nitrogens with zero attached hydrogens (tertiary/aromatic N) is 7. The predicted octanol–water partition coefficient (Wildman–Crippen LogP) is 3.78. The molecule has 0 spiro atoms. The number of aromatic nitrogens is 2. The minimum Gasteiger partial charge on any atom is -0.495 e. The fraction of sp³-hybridized carbons (Fsp3) is 0.476. The fourth-order valence-electron chi connectivity index (χ4n) is 8.83. The van der Waals surface area contributed by atoms with E-state index in [0.717, 1.165) is 48.1 Å². The molecule has 5 aliphatic rings. The van der Waals surface area contributed by atoms with Crippen LogP contribution in [0.1, 0.15) is 82.4 Å². The van der Waals surface area contributed by atoms with Gasteiger partial charge in [-0.05, 0) is 62.9 Å². The van der Waals surface area contributed by atoms with E-state index in [-0.39, 0.29) is 64.5 Å². The molecule has 17 nitrogen and oxygen atoms in total. The molecule has 20 heteroatoms. The second-order valence-electron chi connectivity index (χ2n) is 16.2. The second kappa shape index (κ2) is 17.2. The molecule has 3 aromatic rings. The number of anilines is 5. The molecule has 1 aromatic heterocycles. The summed E-state index contributed by atoms with van der Waals surface area (Å²) in [5.74, 6) is -8.22. The standard InChI is InChI=1S/C42H47F3N10O7/c1-51-32-22-47-41(50-35(32)54(25-7-3-4-8-25)23-42(44,45)40(51)61)48-30-21-29(43)28(20-33(30)62-2)37(58)53-17-15-52(16-18-53)14-6-5-13-46-24-9-10-26-27(19-24)39(60)55(38(26)59)31-11-12-34(56)49-36(31)57/h9-10,19-22,25,31,46H,3-8,11-18,23H2,1-2H3,(H,47,48,50)(H,49,56,57). The summed E-state index contributed by atoms with van der Waals surface area (Å²) in [7, 11) is 2.63. The van der Waals surface area contributed by atoms with Crippen molar-refractivity contribution < 1.29 is 46.7 Å². The number of alkyl halides is 2. The van der Waals surface area contributed by atoms with Gasteiger partial charge in [0, 0.05) is 64.0 Å². The predicted molar refractivity (Wildman–Crippen MR) is 219 cm³/mol. The topological polar surface area (TPSA) is 190 Å². The number of benzene rings is 2. The van der Waals surface area contributed by atoms with Gasteiger partial charge in [-0.15, -0.1) is 0 Å². The summed E-state index contributed by atoms with van der Waals surface area (Å²) in [5, 5.41) is 8.40. The van der Waals surface area contributed by atoms with Crippen LogP contribution in [0.5, 0.6) is 5.75 Å². The fourth-order valence-corrected chi connectivity index (χ4v) is 8.83. The maximum atomic E-state index is 15.7. The van der Waals surface area contributed by atoms with Crippen molar-refractivity contribution in [3.05, 3.63) is 59.0 Å². The molecular weight excluding hydrogens is 814 g/mol. The first-order valence-corrected chi connectivity index (χ1v) is 20.8. The molecule has 1 aliphatic carbocycles. The zero-order valence-electron chi connectivity index (χ0n) is 34.3. The highest BCUT2D eigenvalue weighted by Gasteiger charge is 2.49. The number of hydrogen-bond donors (Lipinski definition) is 3. The molecule has 2 aromatic carbocycles. The van der Waals surface area contributed by atoms with Crippen molar-refractivity contribution in [1.82, 2.24) is 30.0 Å². The van der Waals surface area contributed by atoms with Crippen molar-refractivity contribution in [3.63, 3.8) is 0 Å². The zero-order valence-corrected chi connectivity index (χ0v) is 34.3. The average Bonchev–Trinajstić information content (AvgIpc) is 3.87. The molecule has 8 rings (SSSR count). The Kier molecular flexibility index (Phi) is 11.8. The van der Waals surface area contributed by atoms with E-state index < -0.39 is 59.8 Å². The molecule has 62 heavy (non-hydrogen) atoms. The molecule has 1 unspecified atom stereocenters. The van der Waals surface area contributed by atoms with Gasteiger partial charge in [-0.1, -0.05) is 12.8 Å². The molecule has 1 saturated carbocycles. The first kappa shape index (κ1) is 42.4. The Morgan fingerprint density at radius 3 is 2.44 bits per heavy atom. The summed E-state index contributed by atoms with van der Waals surface area (Å²) in [6.07, 6.45) is 6.13. The number of fused-ring (bicyclic) bond motifs is 2. The van der Waals surface area contributed by atoms with Gasteiger partial charge in [-0.3, -0.25) is 43.9 Å². The molecule has 6 amide bonds. The minimum atomic E-state index is -3.64. The van der Waals surface area contributed by atoms with Crippen LogP contribution in [-0.4, -0.2) is 138 Å². The highest BCUT2D eigenvalue weighted by Crippen LogP contribution is 2.40. The lowest BCUT2D eigenvalue weighted by Crippen LogP contribution is -2.54. The van der Waals surface area contributed by atoms with Crippen LogP contribution < -0.4 is 30.5 Å². The van der Waals surface area contributed by atoms with E-state index in [1.807, 2.05) is 0 Å². The number of imide groups is 2. The van der Waals surface area contributed by atoms with Crippen molar-refractivity contribution in [2.24, 2.45) is 0 Å². The normalized spacial score (nSPS) is 20.6. The monoisotopic (exact) mass is 860 g/mol. The number of rotatable bonds is 12. The van der Waals surface area contributed by atoms with Crippen LogP contribution in [0.2, 0.25) is 0 Å². The Morgan fingerprint density at radius 2 is 1.71 bits per heavy atom. The summed E-state index contributed by atoms with van der Waals surface area (Å²) in [6.45, 7) is 2.47. The van der Waals surface area contributed by atoms with E-state index in [2.05, 4.69) is 30.8 Å². The molecule has 3 fully saturated rings. The summed E-state index contributed by atoms with van der Waals surface area (Å²) in [6, 6.07) is 6.03. The maximum Gasteiger partial charge on any atom is 0.342 e. The number of piperazine rings is 1. The number of unbranched alkanes of at least 4 members (excludes halogenated alkanes) is 1. The lowest BCUT2D eigenvalue weighted by atomic mass is 10.0. The average molecular weight is 861 g/mol. The van der Waals surface area contributed by atoms with Crippen molar-refractivity contribution in [2.75, 3.05) is 80.4 Å². The number of amides is 6. The van der Waals surface area contributed by atoms with Crippen molar-refractivity contribution in [3.8, 4) is 5.75 Å². The van der Waals surface area contributed by atoms with Crippen LogP contribution >= 0.6 is 0 Å². The summed E-state index contributed by atoms with van der Waals surface area (Å²) in [4.78, 5) is 92.2. The number of ether oxygens (including phenoxy) is 1. The number of carbonyl (C=O) groups excluding carboxylic acids is 6. The van der Waals surface area contributed by atoms with Gasteiger partial charge in [0.2, 0.25) is 17.8 Å². The molecule has 2 saturated heterocycles. The summed E-state index contributed by atoms with van der Waals surface area (Å²) < 4.78 is 51.3. The molecule has 0 radical (unpaired) electrons. The van der Waals surface area contributed by atoms with E-state index in [1.165, 1.54) is 31.3 Å². The van der Waals surface area contributed by atoms with Gasteiger partial charge in [-0.2, -0.15) is 13.8 Å². The second-order valence-corrected chi connectivity index (χ2v) is 16.2. The third kappa shape index (κ3) is 8.22. The molecule has 4 aliphatic heterocycles. The number of nitrogens with one attached hydrogen (secondary N) is 3. The van der Waals surface area contributed by atoms with Gasteiger partial charge in [0.25, 0.3) is 23.6 Å². The van der Waals surface area contributed by atoms with Crippen LogP contribution in [0.3, 0.4) is 0 Å². The number of piperidine rings is 1. The molecular formula is C42H47F3N10O7. The van der Waals surface area contributed by atoms with Gasteiger partial charge in [0.05, 0.1) is 42.2 Å².